The summed E-state index contributed by atoms with van der Waals surface area (Å²) in [5, 5.41) is 9.64. The number of hydrogen-bond acceptors (Lipinski definition) is 2. The van der Waals surface area contributed by atoms with Crippen LogP contribution in [0.4, 0.5) is 0 Å². The highest BCUT2D eigenvalue weighted by Gasteiger charge is 2.02. The third kappa shape index (κ3) is 2.78. The standard InChI is InChI=1S/C13H15NO3/c1-9-8-14-12-5-4-10(7-11(9)12)17-6-2-3-13(15)16/h4-5,7-8,14H,2-3,6H2,1H3,(H,15,16). The topological polar surface area (TPSA) is 62.3 Å². The number of aliphatic carboxylic acids is 1. The fourth-order valence-corrected chi connectivity index (χ4v) is 1.74. The molecule has 0 unspecified atom stereocenters. The molecule has 4 heteroatoms. The van der Waals surface area contributed by atoms with Crippen molar-refractivity contribution >= 4 is 16.9 Å². The zero-order chi connectivity index (χ0) is 12.3. The fraction of sp³-hybridized carbons (Fsp3) is 0.308. The van der Waals surface area contributed by atoms with Gasteiger partial charge in [0.1, 0.15) is 5.75 Å². The summed E-state index contributed by atoms with van der Waals surface area (Å²) in [4.78, 5) is 13.5. The van der Waals surface area contributed by atoms with Crippen LogP contribution in [0.15, 0.2) is 24.4 Å². The van der Waals surface area contributed by atoms with Crippen molar-refractivity contribution in [2.45, 2.75) is 19.8 Å². The first-order chi connectivity index (χ1) is 8.16. The maximum absolute atomic E-state index is 10.3. The van der Waals surface area contributed by atoms with E-state index in [0.29, 0.717) is 13.0 Å². The van der Waals surface area contributed by atoms with Gasteiger partial charge in [-0.25, -0.2) is 0 Å². The molecule has 17 heavy (non-hydrogen) atoms. The first-order valence-electron chi connectivity index (χ1n) is 5.59. The summed E-state index contributed by atoms with van der Waals surface area (Å²) in [7, 11) is 0. The summed E-state index contributed by atoms with van der Waals surface area (Å²) < 4.78 is 5.51. The molecule has 0 amide bonds. The summed E-state index contributed by atoms with van der Waals surface area (Å²) in [6.45, 7) is 2.47. The van der Waals surface area contributed by atoms with E-state index in [9.17, 15) is 4.79 Å². The van der Waals surface area contributed by atoms with Crippen LogP contribution in [0.3, 0.4) is 0 Å². The molecule has 0 bridgehead atoms. The second kappa shape index (κ2) is 4.91. The van der Waals surface area contributed by atoms with Crippen molar-refractivity contribution in [3.63, 3.8) is 0 Å². The van der Waals surface area contributed by atoms with Gasteiger partial charge in [0.25, 0.3) is 0 Å². The average molecular weight is 233 g/mol. The van der Waals surface area contributed by atoms with Crippen molar-refractivity contribution in [1.82, 2.24) is 4.98 Å². The minimum Gasteiger partial charge on any atom is -0.494 e. The number of nitrogens with one attached hydrogen (secondary N) is 1. The smallest absolute Gasteiger partial charge is 0.303 e. The van der Waals surface area contributed by atoms with Crippen LogP contribution in [0.25, 0.3) is 10.9 Å². The second-order valence-electron chi connectivity index (χ2n) is 4.02. The van der Waals surface area contributed by atoms with Gasteiger partial charge < -0.3 is 14.8 Å². The third-order valence-electron chi connectivity index (χ3n) is 2.66. The minimum absolute atomic E-state index is 0.144. The van der Waals surface area contributed by atoms with Crippen LogP contribution in [0.1, 0.15) is 18.4 Å². The number of ether oxygens (including phenoxy) is 1. The van der Waals surface area contributed by atoms with Crippen molar-refractivity contribution in [1.29, 1.82) is 0 Å². The molecule has 0 fully saturated rings. The van der Waals surface area contributed by atoms with Crippen molar-refractivity contribution in [2.24, 2.45) is 0 Å². The first-order valence-corrected chi connectivity index (χ1v) is 5.59. The average Bonchev–Trinajstić information content (AvgIpc) is 2.66. The van der Waals surface area contributed by atoms with Crippen molar-refractivity contribution in [3.05, 3.63) is 30.0 Å². The molecule has 1 heterocycles. The number of rotatable bonds is 5. The van der Waals surface area contributed by atoms with E-state index >= 15 is 0 Å². The largest absolute Gasteiger partial charge is 0.494 e. The first kappa shape index (κ1) is 11.5. The lowest BCUT2D eigenvalue weighted by Gasteiger charge is -2.05. The number of carboxylic acid groups (broad SMARTS) is 1. The number of carbonyl (C=O) groups is 1. The molecule has 90 valence electrons. The Bertz CT molecular complexity index is 530. The lowest BCUT2D eigenvalue weighted by atomic mass is 10.2. The highest BCUT2D eigenvalue weighted by molar-refractivity contribution is 5.84. The van der Waals surface area contributed by atoms with E-state index in [1.807, 2.05) is 31.3 Å². The molecule has 0 spiro atoms. The molecule has 0 atom stereocenters. The number of aryl methyl sites for hydroxylation is 1. The molecule has 2 rings (SSSR count). The molecule has 0 aliphatic carbocycles. The molecule has 1 aromatic heterocycles. The number of hydrogen-bond donors (Lipinski definition) is 2. The Morgan fingerprint density at radius 2 is 2.29 bits per heavy atom. The predicted molar refractivity (Wildman–Crippen MR) is 65.4 cm³/mol. The highest BCUT2D eigenvalue weighted by atomic mass is 16.5. The van der Waals surface area contributed by atoms with E-state index in [1.54, 1.807) is 0 Å². The normalized spacial score (nSPS) is 10.6. The van der Waals surface area contributed by atoms with Gasteiger partial charge in [-0.15, -0.1) is 0 Å². The van der Waals surface area contributed by atoms with Gasteiger partial charge in [0.2, 0.25) is 0 Å². The number of fused-ring (bicyclic) bond motifs is 1. The summed E-state index contributed by atoms with van der Waals surface area (Å²) in [6, 6.07) is 5.83. The lowest BCUT2D eigenvalue weighted by Crippen LogP contribution is -2.01. The highest BCUT2D eigenvalue weighted by Crippen LogP contribution is 2.23. The van der Waals surface area contributed by atoms with E-state index < -0.39 is 5.97 Å². The van der Waals surface area contributed by atoms with Gasteiger partial charge in [0.05, 0.1) is 6.61 Å². The molecule has 0 saturated heterocycles. The maximum Gasteiger partial charge on any atom is 0.303 e. The Morgan fingerprint density at radius 1 is 1.47 bits per heavy atom. The molecule has 0 saturated carbocycles. The van der Waals surface area contributed by atoms with Gasteiger partial charge in [-0.1, -0.05) is 0 Å². The van der Waals surface area contributed by atoms with Crippen LogP contribution in [0, 0.1) is 6.92 Å². The summed E-state index contributed by atoms with van der Waals surface area (Å²) >= 11 is 0. The Hall–Kier alpha value is -1.97. The summed E-state index contributed by atoms with van der Waals surface area (Å²) in [5.41, 5.74) is 2.26. The van der Waals surface area contributed by atoms with E-state index in [-0.39, 0.29) is 6.42 Å². The molecular weight excluding hydrogens is 218 g/mol. The van der Waals surface area contributed by atoms with E-state index in [0.717, 1.165) is 16.7 Å². The molecule has 0 aliphatic heterocycles. The monoisotopic (exact) mass is 233 g/mol. The van der Waals surface area contributed by atoms with E-state index in [4.69, 9.17) is 9.84 Å². The number of benzene rings is 1. The van der Waals surface area contributed by atoms with Crippen molar-refractivity contribution in [3.8, 4) is 5.75 Å². The predicted octanol–water partition coefficient (Wildman–Crippen LogP) is 2.72. The zero-order valence-electron chi connectivity index (χ0n) is 9.69. The molecule has 1 aromatic carbocycles. The Balaban J connectivity index is 1.99. The van der Waals surface area contributed by atoms with Crippen LogP contribution >= 0.6 is 0 Å². The quantitative estimate of drug-likeness (QED) is 0.780. The van der Waals surface area contributed by atoms with E-state index in [2.05, 4.69) is 4.98 Å². The maximum atomic E-state index is 10.3. The van der Waals surface area contributed by atoms with Crippen LogP contribution in [0.5, 0.6) is 5.75 Å². The van der Waals surface area contributed by atoms with E-state index in [1.165, 1.54) is 5.56 Å². The molecule has 2 N–H and O–H groups in total. The molecule has 4 nitrogen and oxygen atoms in total. The van der Waals surface area contributed by atoms with Gasteiger partial charge in [-0.3, -0.25) is 4.79 Å². The molecule has 0 radical (unpaired) electrons. The second-order valence-corrected chi connectivity index (χ2v) is 4.02. The fourth-order valence-electron chi connectivity index (χ4n) is 1.74. The lowest BCUT2D eigenvalue weighted by molar-refractivity contribution is -0.137. The zero-order valence-corrected chi connectivity index (χ0v) is 9.69. The van der Waals surface area contributed by atoms with Crippen LogP contribution in [0.2, 0.25) is 0 Å². The van der Waals surface area contributed by atoms with Crippen molar-refractivity contribution < 1.29 is 14.6 Å². The van der Waals surface area contributed by atoms with Crippen LogP contribution < -0.4 is 4.74 Å². The summed E-state index contributed by atoms with van der Waals surface area (Å²) in [5.74, 6) is -0.00359. The molecule has 0 aliphatic rings. The molecule has 2 aromatic rings. The van der Waals surface area contributed by atoms with Gasteiger partial charge in [0, 0.05) is 23.5 Å². The Kier molecular flexibility index (Phi) is 3.32. The number of aromatic nitrogens is 1. The minimum atomic E-state index is -0.787. The van der Waals surface area contributed by atoms with Gasteiger partial charge in [-0.2, -0.15) is 0 Å². The Labute approximate surface area is 99.2 Å². The van der Waals surface area contributed by atoms with Gasteiger partial charge in [0.15, 0.2) is 0 Å². The number of aromatic amines is 1. The van der Waals surface area contributed by atoms with Crippen LogP contribution in [-0.4, -0.2) is 22.7 Å². The van der Waals surface area contributed by atoms with Crippen molar-refractivity contribution in [2.75, 3.05) is 6.61 Å². The Morgan fingerprint density at radius 3 is 3.06 bits per heavy atom. The molecular formula is C13H15NO3. The van der Waals surface area contributed by atoms with Gasteiger partial charge in [-0.05, 0) is 37.1 Å². The van der Waals surface area contributed by atoms with Crippen LogP contribution in [-0.2, 0) is 4.79 Å². The number of H-pyrrole nitrogens is 1. The third-order valence-corrected chi connectivity index (χ3v) is 2.66. The number of carboxylic acids is 1. The van der Waals surface area contributed by atoms with Gasteiger partial charge >= 0.3 is 5.97 Å². The SMILES string of the molecule is Cc1c[nH]c2ccc(OCCCC(=O)O)cc12. The summed E-state index contributed by atoms with van der Waals surface area (Å²) in [6.07, 6.45) is 2.63.